The van der Waals surface area contributed by atoms with E-state index in [0.29, 0.717) is 50.3 Å². The quantitative estimate of drug-likeness (QED) is 0.163. The number of piperazine rings is 2. The van der Waals surface area contributed by atoms with Gasteiger partial charge in [0.1, 0.15) is 23.1 Å². The molecule has 0 aliphatic carbocycles. The number of fused-ring (bicyclic) bond motifs is 2. The largest absolute Gasteiger partial charge is 0.423 e. The highest BCUT2D eigenvalue weighted by atomic mass is 16.4. The van der Waals surface area contributed by atoms with E-state index >= 15 is 0 Å². The van der Waals surface area contributed by atoms with Crippen LogP contribution in [0.4, 0.5) is 16.8 Å². The van der Waals surface area contributed by atoms with Gasteiger partial charge in [-0.2, -0.15) is 9.97 Å². The molecule has 0 unspecified atom stereocenters. The molecule has 4 aromatic rings. The van der Waals surface area contributed by atoms with Gasteiger partial charge in [-0.25, -0.2) is 4.79 Å². The van der Waals surface area contributed by atoms with Crippen molar-refractivity contribution in [2.75, 3.05) is 75.2 Å². The molecular formula is C46H69N11O5. The molecule has 4 aliphatic rings. The number of piperidine rings is 2. The zero-order valence-electron chi connectivity index (χ0n) is 37.6. The second-order valence-electron chi connectivity index (χ2n) is 18.0. The molecular weight excluding hydrogens is 787 g/mol. The van der Waals surface area contributed by atoms with Gasteiger partial charge in [0.25, 0.3) is 12.0 Å². The molecule has 4 N–H and O–H groups in total. The molecule has 6 heterocycles. The number of nitrogens with zero attached hydrogens (tertiary/aromatic N) is 7. The van der Waals surface area contributed by atoms with Gasteiger partial charge in [0.2, 0.25) is 11.8 Å². The summed E-state index contributed by atoms with van der Waals surface area (Å²) in [5, 5.41) is 12.7. The molecule has 62 heavy (non-hydrogen) atoms. The summed E-state index contributed by atoms with van der Waals surface area (Å²) in [5.74, 6) is 0.106. The van der Waals surface area contributed by atoms with E-state index < -0.39 is 0 Å². The summed E-state index contributed by atoms with van der Waals surface area (Å²) in [6, 6.07) is 17.6. The number of aromatic nitrogens is 2. The highest BCUT2D eigenvalue weighted by Crippen LogP contribution is 2.29. The van der Waals surface area contributed by atoms with Gasteiger partial charge >= 0.3 is 6.03 Å². The topological polar surface area (TPSA) is 168 Å². The van der Waals surface area contributed by atoms with E-state index in [-0.39, 0.29) is 48.1 Å². The molecule has 338 valence electrons. The lowest BCUT2D eigenvalue weighted by Gasteiger charge is -2.44. The lowest BCUT2D eigenvalue weighted by molar-refractivity contribution is -0.123. The average Bonchev–Trinajstić information content (AvgIpc) is 3.91. The van der Waals surface area contributed by atoms with E-state index in [4.69, 9.17) is 8.83 Å². The van der Waals surface area contributed by atoms with Crippen molar-refractivity contribution < 1.29 is 23.2 Å². The standard InChI is InChI=1S/C25H38N6O3.C21H31N5O2/c1-17(2)27-24(33)29-15-18(3)30(19(4)16-29)14-12-26-23(32)21-10-7-8-13-31(21)25-28-20-9-5-6-11-22(20)34-25;1-15-13-22-14-16(2)25(15)12-10-23-20(27)18-8-5-6-11-26(18)21-24-17-7-3-4-9-19(17)28-21/h5-6,9,11,17-19,21H,7-8,10,12-16H2,1-4H3,(H,26,32)(H,27,33);3-4,7,9,15-16,18,22H,5-6,8,10-14H2,1-2H3,(H,23,27)/t18-,19+,21-;15-,16+,18-/m00/s1. The van der Waals surface area contributed by atoms with Crippen molar-refractivity contribution in [3.8, 4) is 0 Å². The molecule has 2 aromatic heterocycles. The minimum Gasteiger partial charge on any atom is -0.423 e. The number of para-hydroxylation sites is 4. The number of carbonyl (C=O) groups excluding carboxylic acids is 3. The Bertz CT molecular complexity index is 2000. The number of rotatable bonds is 11. The van der Waals surface area contributed by atoms with Crippen LogP contribution in [-0.2, 0) is 9.59 Å². The maximum atomic E-state index is 13.1. The summed E-state index contributed by atoms with van der Waals surface area (Å²) >= 11 is 0. The SMILES string of the molecule is CC(C)NC(=O)N1C[C@@H](C)N(CCNC(=O)[C@@H]2CCCCN2c2nc3ccccc3o2)[C@@H](C)C1.C[C@@H]1CNC[C@H](C)N1CCNC(=O)[C@@H]1CCCCN1c1nc2ccccc2o1. The number of hydrogen-bond acceptors (Lipinski definition) is 12. The van der Waals surface area contributed by atoms with Gasteiger partial charge in [0.15, 0.2) is 11.2 Å². The van der Waals surface area contributed by atoms with Crippen molar-refractivity contribution in [1.29, 1.82) is 0 Å². The molecule has 4 fully saturated rings. The molecule has 4 amide bonds. The summed E-state index contributed by atoms with van der Waals surface area (Å²) in [5.41, 5.74) is 3.16. The molecule has 2 aromatic carbocycles. The monoisotopic (exact) mass is 856 g/mol. The predicted molar refractivity (Wildman–Crippen MR) is 243 cm³/mol. The Hall–Kier alpha value is -4.93. The fraction of sp³-hybridized carbons (Fsp3) is 0.630. The fourth-order valence-corrected chi connectivity index (χ4v) is 9.60. The average molecular weight is 856 g/mol. The zero-order valence-corrected chi connectivity index (χ0v) is 37.6. The number of amides is 4. The summed E-state index contributed by atoms with van der Waals surface area (Å²) < 4.78 is 11.9. The number of oxazole rings is 2. The van der Waals surface area contributed by atoms with Gasteiger partial charge in [-0.05, 0) is 104 Å². The number of nitrogens with one attached hydrogen (secondary N) is 4. The first kappa shape index (κ1) is 45.1. The lowest BCUT2D eigenvalue weighted by Crippen LogP contribution is -2.61. The van der Waals surface area contributed by atoms with Crippen molar-refractivity contribution >= 4 is 52.1 Å². The van der Waals surface area contributed by atoms with Crippen molar-refractivity contribution in [2.24, 2.45) is 0 Å². The maximum Gasteiger partial charge on any atom is 0.317 e. The predicted octanol–water partition coefficient (Wildman–Crippen LogP) is 4.80. The highest BCUT2D eigenvalue weighted by Gasteiger charge is 2.35. The molecule has 8 rings (SSSR count). The van der Waals surface area contributed by atoms with Crippen LogP contribution < -0.4 is 31.1 Å². The molecule has 0 saturated carbocycles. The minimum atomic E-state index is -0.270. The van der Waals surface area contributed by atoms with Crippen LogP contribution in [-0.4, -0.2) is 150 Å². The maximum absolute atomic E-state index is 13.1. The number of anilines is 2. The van der Waals surface area contributed by atoms with E-state index in [1.807, 2.05) is 77.1 Å². The summed E-state index contributed by atoms with van der Waals surface area (Å²) in [4.78, 5) is 58.5. The second-order valence-corrected chi connectivity index (χ2v) is 18.0. The third-order valence-corrected chi connectivity index (χ3v) is 12.8. The Morgan fingerprint density at radius 2 is 1.13 bits per heavy atom. The van der Waals surface area contributed by atoms with Crippen molar-refractivity contribution in [1.82, 2.24) is 45.9 Å². The molecule has 0 bridgehead atoms. The van der Waals surface area contributed by atoms with Crippen molar-refractivity contribution in [3.63, 3.8) is 0 Å². The molecule has 16 heteroatoms. The molecule has 4 aliphatic heterocycles. The smallest absolute Gasteiger partial charge is 0.317 e. The lowest BCUT2D eigenvalue weighted by atomic mass is 10.0. The minimum absolute atomic E-state index is 0.00163. The number of carbonyl (C=O) groups is 3. The van der Waals surface area contributed by atoms with Gasteiger partial charge in [0, 0.05) is 95.7 Å². The first-order chi connectivity index (χ1) is 30.0. The van der Waals surface area contributed by atoms with E-state index in [9.17, 15) is 14.4 Å². The van der Waals surface area contributed by atoms with Gasteiger partial charge in [0.05, 0.1) is 0 Å². The first-order valence-electron chi connectivity index (χ1n) is 23.0. The Morgan fingerprint density at radius 1 is 0.677 bits per heavy atom. The molecule has 0 spiro atoms. The van der Waals surface area contributed by atoms with Gasteiger partial charge in [-0.15, -0.1) is 0 Å². The summed E-state index contributed by atoms with van der Waals surface area (Å²) in [6.07, 6.45) is 5.78. The van der Waals surface area contributed by atoms with E-state index in [1.165, 1.54) is 0 Å². The normalized spacial score (nSPS) is 25.1. The fourth-order valence-electron chi connectivity index (χ4n) is 9.60. The second kappa shape index (κ2) is 21.0. The van der Waals surface area contributed by atoms with Gasteiger partial charge in [-0.3, -0.25) is 19.4 Å². The number of urea groups is 1. The van der Waals surface area contributed by atoms with Crippen LogP contribution in [0.1, 0.15) is 80.1 Å². The molecule has 16 nitrogen and oxygen atoms in total. The summed E-state index contributed by atoms with van der Waals surface area (Å²) in [7, 11) is 0. The Kier molecular flexibility index (Phi) is 15.2. The first-order valence-corrected chi connectivity index (χ1v) is 23.0. The third kappa shape index (κ3) is 11.0. The van der Waals surface area contributed by atoms with Crippen molar-refractivity contribution in [2.45, 2.75) is 122 Å². The van der Waals surface area contributed by atoms with Gasteiger partial charge < -0.3 is 44.8 Å². The number of hydrogen-bond donors (Lipinski definition) is 4. The van der Waals surface area contributed by atoms with Gasteiger partial charge in [-0.1, -0.05) is 24.3 Å². The van der Waals surface area contributed by atoms with Crippen LogP contribution in [0, 0.1) is 0 Å². The van der Waals surface area contributed by atoms with Crippen LogP contribution in [0.5, 0.6) is 0 Å². The highest BCUT2D eigenvalue weighted by molar-refractivity contribution is 5.86. The molecule has 4 saturated heterocycles. The van der Waals surface area contributed by atoms with E-state index in [0.717, 1.165) is 100.0 Å². The summed E-state index contributed by atoms with van der Waals surface area (Å²) in [6.45, 7) is 20.5. The van der Waals surface area contributed by atoms with E-state index in [1.54, 1.807) is 0 Å². The number of benzene rings is 2. The van der Waals surface area contributed by atoms with Crippen LogP contribution in [0.3, 0.4) is 0 Å². The van der Waals surface area contributed by atoms with Crippen LogP contribution in [0.2, 0.25) is 0 Å². The third-order valence-electron chi connectivity index (χ3n) is 12.8. The van der Waals surface area contributed by atoms with Crippen LogP contribution in [0.15, 0.2) is 57.4 Å². The van der Waals surface area contributed by atoms with Crippen LogP contribution >= 0.6 is 0 Å². The molecule has 0 radical (unpaired) electrons. The Morgan fingerprint density at radius 3 is 1.58 bits per heavy atom. The van der Waals surface area contributed by atoms with Crippen LogP contribution in [0.25, 0.3) is 22.2 Å². The zero-order chi connectivity index (χ0) is 43.8. The Labute approximate surface area is 366 Å². The molecule has 6 atom stereocenters. The Balaban J connectivity index is 0.000000190. The van der Waals surface area contributed by atoms with Crippen molar-refractivity contribution in [3.05, 3.63) is 48.5 Å². The van der Waals surface area contributed by atoms with E-state index in [2.05, 4.69) is 68.7 Å².